The van der Waals surface area contributed by atoms with Crippen LogP contribution in [0.25, 0.3) is 0 Å². The number of hydrogen-bond acceptors (Lipinski definition) is 4. The lowest BCUT2D eigenvalue weighted by Gasteiger charge is -2.22. The molecule has 15 heavy (non-hydrogen) atoms. The van der Waals surface area contributed by atoms with Crippen molar-refractivity contribution >= 4 is 11.3 Å². The summed E-state index contributed by atoms with van der Waals surface area (Å²) in [6.45, 7) is 8.60. The smallest absolute Gasteiger partial charge is 0.0898 e. The predicted molar refractivity (Wildman–Crippen MR) is 64.0 cm³/mol. The molecule has 2 N–H and O–H groups in total. The fourth-order valence-corrected chi connectivity index (χ4v) is 2.80. The molecule has 84 valence electrons. The van der Waals surface area contributed by atoms with E-state index in [0.717, 1.165) is 18.1 Å². The topological polar surface area (TPSA) is 42.2 Å². The average Bonchev–Trinajstić information content (AvgIpc) is 2.74. The fraction of sp³-hybridized carbons (Fsp3) is 0.727. The second-order valence-corrected chi connectivity index (χ2v) is 5.62. The third-order valence-electron chi connectivity index (χ3n) is 3.31. The molecule has 1 fully saturated rings. The third kappa shape index (κ3) is 2.22. The number of rotatable bonds is 2. The number of aromatic nitrogens is 1. The lowest BCUT2D eigenvalue weighted by atomic mass is 10.1. The van der Waals surface area contributed by atoms with Gasteiger partial charge in [-0.2, -0.15) is 0 Å². The van der Waals surface area contributed by atoms with E-state index in [9.17, 15) is 0 Å². The summed E-state index contributed by atoms with van der Waals surface area (Å²) < 4.78 is 0. The first-order valence-corrected chi connectivity index (χ1v) is 6.37. The van der Waals surface area contributed by atoms with Gasteiger partial charge in [0.1, 0.15) is 0 Å². The average molecular weight is 225 g/mol. The van der Waals surface area contributed by atoms with Crippen molar-refractivity contribution in [2.24, 2.45) is 11.7 Å². The zero-order valence-corrected chi connectivity index (χ0v) is 10.4. The number of hydrogen-bond donors (Lipinski definition) is 1. The molecular weight excluding hydrogens is 206 g/mol. The number of aryl methyl sites for hydroxylation is 1. The largest absolute Gasteiger partial charge is 0.326 e. The molecular formula is C11H19N3S. The molecule has 1 aromatic heterocycles. The van der Waals surface area contributed by atoms with E-state index in [2.05, 4.69) is 36.0 Å². The maximum atomic E-state index is 6.03. The molecule has 2 heterocycles. The summed E-state index contributed by atoms with van der Waals surface area (Å²) in [7, 11) is 0. The molecule has 3 nitrogen and oxygen atoms in total. The van der Waals surface area contributed by atoms with Gasteiger partial charge in [0.25, 0.3) is 0 Å². The summed E-state index contributed by atoms with van der Waals surface area (Å²) in [5, 5.41) is 3.31. The standard InChI is InChI=1S/C11H19N3S/c1-7-4-14(5-10(7)12)8(2)11-6-15-9(3)13-11/h6-8,10H,4-5,12H2,1-3H3. The van der Waals surface area contributed by atoms with E-state index in [0.29, 0.717) is 18.0 Å². The van der Waals surface area contributed by atoms with Crippen molar-refractivity contribution in [1.82, 2.24) is 9.88 Å². The molecule has 1 aliphatic heterocycles. The molecule has 1 saturated heterocycles. The number of nitrogens with two attached hydrogens (primary N) is 1. The fourth-order valence-electron chi connectivity index (χ4n) is 2.11. The molecule has 0 radical (unpaired) electrons. The molecule has 0 bridgehead atoms. The highest BCUT2D eigenvalue weighted by Crippen LogP contribution is 2.27. The Morgan fingerprint density at radius 1 is 1.60 bits per heavy atom. The van der Waals surface area contributed by atoms with Crippen LogP contribution in [0.5, 0.6) is 0 Å². The first-order chi connectivity index (χ1) is 7.08. The van der Waals surface area contributed by atoms with Crippen LogP contribution in [0.3, 0.4) is 0 Å². The van der Waals surface area contributed by atoms with Crippen molar-refractivity contribution in [2.45, 2.75) is 32.9 Å². The van der Waals surface area contributed by atoms with Crippen LogP contribution in [0.2, 0.25) is 0 Å². The van der Waals surface area contributed by atoms with Crippen molar-refractivity contribution in [3.8, 4) is 0 Å². The second-order valence-electron chi connectivity index (χ2n) is 4.56. The summed E-state index contributed by atoms with van der Waals surface area (Å²) in [5.41, 5.74) is 7.22. The Morgan fingerprint density at radius 3 is 2.80 bits per heavy atom. The van der Waals surface area contributed by atoms with Crippen LogP contribution in [0.15, 0.2) is 5.38 Å². The van der Waals surface area contributed by atoms with Crippen LogP contribution >= 0.6 is 11.3 Å². The zero-order chi connectivity index (χ0) is 11.0. The summed E-state index contributed by atoms with van der Waals surface area (Å²) in [6.07, 6.45) is 0. The molecule has 3 atom stereocenters. The van der Waals surface area contributed by atoms with E-state index in [1.54, 1.807) is 11.3 Å². The lowest BCUT2D eigenvalue weighted by Crippen LogP contribution is -2.29. The van der Waals surface area contributed by atoms with Crippen LogP contribution < -0.4 is 5.73 Å². The van der Waals surface area contributed by atoms with Crippen LogP contribution in [0.1, 0.15) is 30.6 Å². The summed E-state index contributed by atoms with van der Waals surface area (Å²) in [5.74, 6) is 0.604. The van der Waals surface area contributed by atoms with Crippen LogP contribution in [-0.4, -0.2) is 29.0 Å². The summed E-state index contributed by atoms with van der Waals surface area (Å²) in [4.78, 5) is 6.98. The Bertz CT molecular complexity index is 326. The first-order valence-electron chi connectivity index (χ1n) is 5.49. The van der Waals surface area contributed by atoms with Gasteiger partial charge in [0, 0.05) is 24.5 Å². The van der Waals surface area contributed by atoms with Gasteiger partial charge in [-0.05, 0) is 19.8 Å². The minimum Gasteiger partial charge on any atom is -0.326 e. The Hall–Kier alpha value is -0.450. The van der Waals surface area contributed by atoms with Crippen molar-refractivity contribution < 1.29 is 0 Å². The number of thiazole rings is 1. The molecule has 2 rings (SSSR count). The van der Waals surface area contributed by atoms with Crippen molar-refractivity contribution in [3.63, 3.8) is 0 Å². The minimum atomic E-state index is 0.326. The lowest BCUT2D eigenvalue weighted by molar-refractivity contribution is 0.250. The van der Waals surface area contributed by atoms with E-state index < -0.39 is 0 Å². The Balaban J connectivity index is 2.06. The van der Waals surface area contributed by atoms with E-state index in [1.807, 2.05) is 0 Å². The highest BCUT2D eigenvalue weighted by Gasteiger charge is 2.30. The highest BCUT2D eigenvalue weighted by molar-refractivity contribution is 7.09. The van der Waals surface area contributed by atoms with Gasteiger partial charge in [0.2, 0.25) is 0 Å². The maximum Gasteiger partial charge on any atom is 0.0898 e. The van der Waals surface area contributed by atoms with Crippen molar-refractivity contribution in [3.05, 3.63) is 16.1 Å². The number of likely N-dealkylation sites (tertiary alicyclic amines) is 1. The normalized spacial score (nSPS) is 29.6. The molecule has 0 saturated carbocycles. The van der Waals surface area contributed by atoms with Gasteiger partial charge in [-0.1, -0.05) is 6.92 Å². The van der Waals surface area contributed by atoms with Crippen LogP contribution in [-0.2, 0) is 0 Å². The molecule has 4 heteroatoms. The SMILES string of the molecule is Cc1nc(C(C)N2CC(C)C(N)C2)cs1. The quantitative estimate of drug-likeness (QED) is 0.834. The van der Waals surface area contributed by atoms with Crippen molar-refractivity contribution in [1.29, 1.82) is 0 Å². The van der Waals surface area contributed by atoms with Crippen LogP contribution in [0.4, 0.5) is 0 Å². The second kappa shape index (κ2) is 4.20. The first kappa shape index (κ1) is 11.0. The van der Waals surface area contributed by atoms with Gasteiger partial charge in [0.15, 0.2) is 0 Å². The molecule has 1 aliphatic rings. The van der Waals surface area contributed by atoms with Gasteiger partial charge < -0.3 is 5.73 Å². The molecule has 0 aromatic carbocycles. The zero-order valence-electron chi connectivity index (χ0n) is 9.60. The summed E-state index contributed by atoms with van der Waals surface area (Å²) in [6, 6.07) is 0.734. The van der Waals surface area contributed by atoms with Crippen LogP contribution in [0, 0.1) is 12.8 Å². The van der Waals surface area contributed by atoms with E-state index in [1.165, 1.54) is 5.69 Å². The summed E-state index contributed by atoms with van der Waals surface area (Å²) >= 11 is 1.72. The Labute approximate surface area is 95.3 Å². The molecule has 0 amide bonds. The van der Waals surface area contributed by atoms with Gasteiger partial charge in [-0.25, -0.2) is 4.98 Å². The van der Waals surface area contributed by atoms with Crippen molar-refractivity contribution in [2.75, 3.05) is 13.1 Å². The van der Waals surface area contributed by atoms with Gasteiger partial charge in [0.05, 0.1) is 16.7 Å². The van der Waals surface area contributed by atoms with Gasteiger partial charge in [-0.15, -0.1) is 11.3 Å². The minimum absolute atomic E-state index is 0.326. The van der Waals surface area contributed by atoms with E-state index in [4.69, 9.17) is 5.73 Å². The molecule has 0 spiro atoms. The maximum absolute atomic E-state index is 6.03. The van der Waals surface area contributed by atoms with Gasteiger partial charge >= 0.3 is 0 Å². The van der Waals surface area contributed by atoms with Gasteiger partial charge in [-0.3, -0.25) is 4.90 Å². The number of nitrogens with zero attached hydrogens (tertiary/aromatic N) is 2. The third-order valence-corrected chi connectivity index (χ3v) is 4.10. The molecule has 0 aliphatic carbocycles. The Morgan fingerprint density at radius 2 is 2.33 bits per heavy atom. The van der Waals surface area contributed by atoms with E-state index in [-0.39, 0.29) is 0 Å². The molecule has 1 aromatic rings. The highest BCUT2D eigenvalue weighted by atomic mass is 32.1. The predicted octanol–water partition coefficient (Wildman–Crippen LogP) is 1.79. The molecule has 3 unspecified atom stereocenters. The van der Waals surface area contributed by atoms with E-state index >= 15 is 0 Å². The Kier molecular flexibility index (Phi) is 3.09. The monoisotopic (exact) mass is 225 g/mol.